The zero-order chi connectivity index (χ0) is 23.2. The van der Waals surface area contributed by atoms with Gasteiger partial charge in [0, 0.05) is 10.8 Å². The van der Waals surface area contributed by atoms with Crippen LogP contribution in [0.25, 0.3) is 22.3 Å². The molecule has 0 aliphatic heterocycles. The summed E-state index contributed by atoms with van der Waals surface area (Å²) >= 11 is 0. The molecule has 170 valence electrons. The highest BCUT2D eigenvalue weighted by atomic mass is 16.3. The molecular formula is C32H30O2. The van der Waals surface area contributed by atoms with Crippen molar-refractivity contribution in [3.8, 4) is 22.3 Å². The van der Waals surface area contributed by atoms with Crippen LogP contribution in [0, 0.1) is 0 Å². The van der Waals surface area contributed by atoms with Gasteiger partial charge in [-0.25, -0.2) is 0 Å². The fourth-order valence-electron chi connectivity index (χ4n) is 6.72. The summed E-state index contributed by atoms with van der Waals surface area (Å²) in [6.45, 7) is 0.218. The number of aliphatic hydroxyl groups is 2. The molecule has 0 unspecified atom stereocenters. The van der Waals surface area contributed by atoms with E-state index in [-0.39, 0.29) is 24.0 Å². The van der Waals surface area contributed by atoms with Gasteiger partial charge in [-0.15, -0.1) is 0 Å². The van der Waals surface area contributed by atoms with E-state index in [4.69, 9.17) is 0 Å². The van der Waals surface area contributed by atoms with Crippen molar-refractivity contribution in [2.75, 3.05) is 13.2 Å². The first-order chi connectivity index (χ1) is 16.7. The van der Waals surface area contributed by atoms with Gasteiger partial charge in [0.05, 0.1) is 13.2 Å². The third-order valence-electron chi connectivity index (χ3n) is 8.35. The summed E-state index contributed by atoms with van der Waals surface area (Å²) in [4.78, 5) is 0. The summed E-state index contributed by atoms with van der Waals surface area (Å²) in [5.41, 5.74) is 9.25. The molecule has 2 N–H and O–H groups in total. The van der Waals surface area contributed by atoms with Crippen molar-refractivity contribution in [2.24, 2.45) is 0 Å². The molecule has 0 spiro atoms. The molecule has 2 aliphatic carbocycles. The van der Waals surface area contributed by atoms with E-state index < -0.39 is 0 Å². The molecule has 0 heterocycles. The molecule has 0 radical (unpaired) electrons. The lowest BCUT2D eigenvalue weighted by molar-refractivity contribution is 0.199. The third-order valence-corrected chi connectivity index (χ3v) is 8.35. The molecule has 2 heteroatoms. The number of unbranched alkanes of at least 4 members (excludes halogenated alkanes) is 1. The van der Waals surface area contributed by atoms with Gasteiger partial charge in [0.1, 0.15) is 0 Å². The Hall–Kier alpha value is -3.20. The van der Waals surface area contributed by atoms with Crippen LogP contribution < -0.4 is 0 Å². The lowest BCUT2D eigenvalue weighted by Crippen LogP contribution is -2.31. The maximum absolute atomic E-state index is 10.7. The van der Waals surface area contributed by atoms with E-state index in [0.29, 0.717) is 0 Å². The number of aliphatic hydroxyl groups excluding tert-OH is 2. The fourth-order valence-corrected chi connectivity index (χ4v) is 6.72. The first-order valence-electron chi connectivity index (χ1n) is 12.4. The zero-order valence-electron chi connectivity index (χ0n) is 19.4. The summed E-state index contributed by atoms with van der Waals surface area (Å²) in [6.07, 6.45) is 3.75. The minimum Gasteiger partial charge on any atom is -0.395 e. The molecule has 2 nitrogen and oxygen atoms in total. The molecule has 0 saturated heterocycles. The Morgan fingerprint density at radius 1 is 0.412 bits per heavy atom. The van der Waals surface area contributed by atoms with Crippen LogP contribution in [0.1, 0.15) is 47.9 Å². The first kappa shape index (κ1) is 21.3. The molecule has 0 bridgehead atoms. The van der Waals surface area contributed by atoms with Crippen molar-refractivity contribution in [1.82, 2.24) is 0 Å². The molecule has 0 atom stereocenters. The second-order valence-corrected chi connectivity index (χ2v) is 9.87. The zero-order valence-corrected chi connectivity index (χ0v) is 19.4. The summed E-state index contributed by atoms with van der Waals surface area (Å²) in [6, 6.07) is 34.1. The predicted molar refractivity (Wildman–Crippen MR) is 138 cm³/mol. The molecule has 4 aromatic rings. The van der Waals surface area contributed by atoms with Gasteiger partial charge in [-0.05, 0) is 57.3 Å². The Bertz CT molecular complexity index is 1160. The monoisotopic (exact) mass is 446 g/mol. The number of fused-ring (bicyclic) bond motifs is 6. The lowest BCUT2D eigenvalue weighted by atomic mass is 9.72. The van der Waals surface area contributed by atoms with E-state index >= 15 is 0 Å². The van der Waals surface area contributed by atoms with Crippen molar-refractivity contribution in [1.29, 1.82) is 0 Å². The number of rotatable bonds is 7. The SMILES string of the molecule is OCC1(CCCCC2(CO)c3ccccc3-c3ccccc32)c2ccccc2-c2ccccc21. The van der Waals surface area contributed by atoms with Crippen LogP contribution in [0.3, 0.4) is 0 Å². The van der Waals surface area contributed by atoms with Gasteiger partial charge in [0.25, 0.3) is 0 Å². The molecule has 0 aromatic heterocycles. The van der Waals surface area contributed by atoms with Crippen molar-refractivity contribution in [3.05, 3.63) is 119 Å². The van der Waals surface area contributed by atoms with Crippen LogP contribution in [0.5, 0.6) is 0 Å². The number of hydrogen-bond acceptors (Lipinski definition) is 2. The van der Waals surface area contributed by atoms with E-state index in [0.717, 1.165) is 25.7 Å². The van der Waals surface area contributed by atoms with Gasteiger partial charge in [0.2, 0.25) is 0 Å². The van der Waals surface area contributed by atoms with Crippen LogP contribution in [-0.4, -0.2) is 23.4 Å². The highest BCUT2D eigenvalue weighted by Gasteiger charge is 2.44. The largest absolute Gasteiger partial charge is 0.395 e. The van der Waals surface area contributed by atoms with Crippen LogP contribution in [0.15, 0.2) is 97.1 Å². The Kier molecular flexibility index (Phi) is 5.17. The molecule has 0 saturated carbocycles. The summed E-state index contributed by atoms with van der Waals surface area (Å²) in [5.74, 6) is 0. The third kappa shape index (κ3) is 2.89. The Labute approximate surface area is 201 Å². The molecular weight excluding hydrogens is 416 g/mol. The summed E-state index contributed by atoms with van der Waals surface area (Å²) in [5, 5.41) is 21.5. The van der Waals surface area contributed by atoms with Crippen molar-refractivity contribution >= 4 is 0 Å². The molecule has 4 aromatic carbocycles. The number of hydrogen-bond donors (Lipinski definition) is 2. The molecule has 0 amide bonds. The van der Waals surface area contributed by atoms with Gasteiger partial charge in [-0.2, -0.15) is 0 Å². The average Bonchev–Trinajstić information content (AvgIpc) is 3.35. The second-order valence-electron chi connectivity index (χ2n) is 9.87. The van der Waals surface area contributed by atoms with Crippen molar-refractivity contribution in [3.63, 3.8) is 0 Å². The maximum atomic E-state index is 10.7. The van der Waals surface area contributed by atoms with E-state index in [1.54, 1.807) is 0 Å². The van der Waals surface area contributed by atoms with Crippen molar-refractivity contribution in [2.45, 2.75) is 36.5 Å². The second kappa shape index (κ2) is 8.23. The number of benzene rings is 4. The van der Waals surface area contributed by atoms with Gasteiger partial charge in [0.15, 0.2) is 0 Å². The van der Waals surface area contributed by atoms with Crippen LogP contribution in [0.2, 0.25) is 0 Å². The highest BCUT2D eigenvalue weighted by molar-refractivity contribution is 5.82. The van der Waals surface area contributed by atoms with Gasteiger partial charge < -0.3 is 10.2 Å². The Morgan fingerprint density at radius 2 is 0.676 bits per heavy atom. The quantitative estimate of drug-likeness (QED) is 0.320. The summed E-state index contributed by atoms with van der Waals surface area (Å²) < 4.78 is 0. The fraction of sp³-hybridized carbons (Fsp3) is 0.250. The lowest BCUT2D eigenvalue weighted by Gasteiger charge is -2.32. The standard InChI is InChI=1S/C32H30O2/c33-21-31(27-15-5-1-11-23(27)24-12-2-6-16-28(24)31)19-9-10-20-32(22-34)29-17-7-3-13-25(29)26-14-4-8-18-30(26)32/h1-8,11-18,33-34H,9-10,19-22H2. The minimum absolute atomic E-state index is 0.109. The van der Waals surface area contributed by atoms with Crippen LogP contribution in [0.4, 0.5) is 0 Å². The topological polar surface area (TPSA) is 40.5 Å². The molecule has 0 fully saturated rings. The molecule has 34 heavy (non-hydrogen) atoms. The van der Waals surface area contributed by atoms with Crippen LogP contribution in [-0.2, 0) is 10.8 Å². The van der Waals surface area contributed by atoms with E-state index in [1.165, 1.54) is 44.5 Å². The Morgan fingerprint density at radius 3 is 0.941 bits per heavy atom. The van der Waals surface area contributed by atoms with Gasteiger partial charge in [-0.3, -0.25) is 0 Å². The highest BCUT2D eigenvalue weighted by Crippen LogP contribution is 2.53. The van der Waals surface area contributed by atoms with E-state index in [9.17, 15) is 10.2 Å². The van der Waals surface area contributed by atoms with Gasteiger partial charge in [-0.1, -0.05) is 110 Å². The van der Waals surface area contributed by atoms with E-state index in [1.807, 2.05) is 0 Å². The minimum atomic E-state index is -0.356. The first-order valence-corrected chi connectivity index (χ1v) is 12.4. The van der Waals surface area contributed by atoms with Crippen molar-refractivity contribution < 1.29 is 10.2 Å². The predicted octanol–water partition coefficient (Wildman–Crippen LogP) is 6.46. The summed E-state index contributed by atoms with van der Waals surface area (Å²) in [7, 11) is 0. The maximum Gasteiger partial charge on any atom is 0.0569 e. The Balaban J connectivity index is 1.29. The van der Waals surface area contributed by atoms with E-state index in [2.05, 4.69) is 97.1 Å². The average molecular weight is 447 g/mol. The van der Waals surface area contributed by atoms with Gasteiger partial charge >= 0.3 is 0 Å². The molecule has 2 aliphatic rings. The van der Waals surface area contributed by atoms with Crippen LogP contribution >= 0.6 is 0 Å². The normalized spacial score (nSPS) is 15.9. The molecule has 6 rings (SSSR count). The smallest absolute Gasteiger partial charge is 0.0569 e.